The lowest BCUT2D eigenvalue weighted by atomic mass is 10.3. The third-order valence-electron chi connectivity index (χ3n) is 3.08. The second kappa shape index (κ2) is 6.21. The second-order valence-electron chi connectivity index (χ2n) is 5.01. The summed E-state index contributed by atoms with van der Waals surface area (Å²) in [6.45, 7) is 8.08. The van der Waals surface area contributed by atoms with Crippen LogP contribution in [-0.4, -0.2) is 19.7 Å². The summed E-state index contributed by atoms with van der Waals surface area (Å²) in [6, 6.07) is 0.0439. The van der Waals surface area contributed by atoms with E-state index in [0.29, 0.717) is 18.1 Å². The Hall–Kier alpha value is -1.96. The Morgan fingerprint density at radius 3 is 2.76 bits per heavy atom. The van der Waals surface area contributed by atoms with E-state index in [1.165, 1.54) is 4.88 Å². The Balaban J connectivity index is 2.27. The van der Waals surface area contributed by atoms with E-state index in [9.17, 15) is 10.1 Å². The summed E-state index contributed by atoms with van der Waals surface area (Å²) in [6.07, 6.45) is 2.79. The maximum atomic E-state index is 11.2. The van der Waals surface area contributed by atoms with Crippen molar-refractivity contribution in [2.45, 2.75) is 46.7 Å². The van der Waals surface area contributed by atoms with Gasteiger partial charge in [-0.2, -0.15) is 5.10 Å². The summed E-state index contributed by atoms with van der Waals surface area (Å²) in [4.78, 5) is 16.4. The fourth-order valence-corrected chi connectivity index (χ4v) is 2.85. The van der Waals surface area contributed by atoms with E-state index in [-0.39, 0.29) is 16.7 Å². The first-order valence-electron chi connectivity index (χ1n) is 6.85. The smallest absolute Gasteiger partial charge is 0.333 e. The molecule has 1 N–H and O–H groups in total. The highest BCUT2D eigenvalue weighted by Crippen LogP contribution is 2.31. The van der Waals surface area contributed by atoms with Gasteiger partial charge in [-0.3, -0.25) is 10.1 Å². The molecule has 0 aliphatic carbocycles. The van der Waals surface area contributed by atoms with Crippen LogP contribution in [0.15, 0.2) is 6.20 Å². The van der Waals surface area contributed by atoms with Gasteiger partial charge >= 0.3 is 5.69 Å². The van der Waals surface area contributed by atoms with Gasteiger partial charge in [0.15, 0.2) is 0 Å². The van der Waals surface area contributed by atoms with Crippen LogP contribution in [0.1, 0.15) is 42.4 Å². The van der Waals surface area contributed by atoms with E-state index in [1.54, 1.807) is 22.9 Å². The number of thiazole rings is 1. The van der Waals surface area contributed by atoms with Crippen LogP contribution in [0, 0.1) is 17.0 Å². The first kappa shape index (κ1) is 15.4. The highest BCUT2D eigenvalue weighted by atomic mass is 32.1. The minimum Gasteiger partial charge on any atom is -0.358 e. The summed E-state index contributed by atoms with van der Waals surface area (Å²) in [5.41, 5.74) is 0.459. The number of aromatic nitrogens is 3. The SMILES string of the molecule is CCc1cnc(CNc2c([N+](=O)[O-])c(C)nn2C(C)C)s1. The number of hydrogen-bond acceptors (Lipinski definition) is 6. The van der Waals surface area contributed by atoms with Gasteiger partial charge < -0.3 is 5.32 Å². The molecule has 0 aliphatic heterocycles. The molecule has 0 amide bonds. The molecule has 0 bridgehead atoms. The molecule has 0 saturated heterocycles. The molecule has 7 nitrogen and oxygen atoms in total. The summed E-state index contributed by atoms with van der Waals surface area (Å²) < 4.78 is 1.65. The van der Waals surface area contributed by atoms with Crippen molar-refractivity contribution in [3.63, 3.8) is 0 Å². The van der Waals surface area contributed by atoms with E-state index in [2.05, 4.69) is 22.3 Å². The van der Waals surface area contributed by atoms with Gasteiger partial charge in [0.05, 0.1) is 11.5 Å². The average molecular weight is 309 g/mol. The standard InChI is InChI=1S/C13H19N5O2S/c1-5-10-6-14-11(21-10)7-15-13-12(18(19)20)9(4)16-17(13)8(2)3/h6,8,15H,5,7H2,1-4H3. The quantitative estimate of drug-likeness (QED) is 0.653. The largest absolute Gasteiger partial charge is 0.358 e. The van der Waals surface area contributed by atoms with E-state index in [0.717, 1.165) is 11.4 Å². The van der Waals surface area contributed by atoms with Crippen LogP contribution in [0.25, 0.3) is 0 Å². The van der Waals surface area contributed by atoms with Crippen molar-refractivity contribution in [2.24, 2.45) is 0 Å². The highest BCUT2D eigenvalue weighted by Gasteiger charge is 2.26. The molecule has 2 aromatic rings. The number of rotatable bonds is 6. The van der Waals surface area contributed by atoms with Gasteiger partial charge in [0.25, 0.3) is 0 Å². The third-order valence-corrected chi connectivity index (χ3v) is 4.22. The number of aryl methyl sites for hydroxylation is 2. The zero-order chi connectivity index (χ0) is 15.6. The van der Waals surface area contributed by atoms with Crippen molar-refractivity contribution < 1.29 is 4.92 Å². The minimum atomic E-state index is -0.386. The van der Waals surface area contributed by atoms with Crippen LogP contribution in [0.2, 0.25) is 0 Å². The van der Waals surface area contributed by atoms with Crippen molar-refractivity contribution in [3.05, 3.63) is 31.9 Å². The lowest BCUT2D eigenvalue weighted by Gasteiger charge is -2.11. The average Bonchev–Trinajstić information content (AvgIpc) is 3.00. The molecule has 0 unspecified atom stereocenters. The van der Waals surface area contributed by atoms with Gasteiger partial charge in [-0.05, 0) is 27.2 Å². The van der Waals surface area contributed by atoms with Gasteiger partial charge in [-0.15, -0.1) is 11.3 Å². The molecule has 8 heteroatoms. The molecule has 0 saturated carbocycles. The first-order valence-corrected chi connectivity index (χ1v) is 7.66. The highest BCUT2D eigenvalue weighted by molar-refractivity contribution is 7.11. The van der Waals surface area contributed by atoms with Gasteiger partial charge in [0.1, 0.15) is 10.7 Å². The van der Waals surface area contributed by atoms with Crippen molar-refractivity contribution >= 4 is 22.8 Å². The van der Waals surface area contributed by atoms with Gasteiger partial charge in [-0.25, -0.2) is 9.67 Å². The molecule has 21 heavy (non-hydrogen) atoms. The van der Waals surface area contributed by atoms with Crippen molar-refractivity contribution in [1.82, 2.24) is 14.8 Å². The Labute approximate surface area is 127 Å². The fourth-order valence-electron chi connectivity index (χ4n) is 2.05. The molecular weight excluding hydrogens is 290 g/mol. The number of nitro groups is 1. The molecule has 0 spiro atoms. The molecule has 0 fully saturated rings. The van der Waals surface area contributed by atoms with Crippen LogP contribution < -0.4 is 5.32 Å². The monoisotopic (exact) mass is 309 g/mol. The number of anilines is 1. The number of nitrogens with zero attached hydrogens (tertiary/aromatic N) is 4. The maximum Gasteiger partial charge on any atom is 0.333 e. The van der Waals surface area contributed by atoms with Gasteiger partial charge in [0.2, 0.25) is 5.82 Å². The van der Waals surface area contributed by atoms with E-state index in [1.807, 2.05) is 20.0 Å². The normalized spacial score (nSPS) is 11.1. The number of hydrogen-bond donors (Lipinski definition) is 1. The fraction of sp³-hybridized carbons (Fsp3) is 0.538. The van der Waals surface area contributed by atoms with Crippen LogP contribution >= 0.6 is 11.3 Å². The van der Waals surface area contributed by atoms with Crippen molar-refractivity contribution in [3.8, 4) is 0 Å². The minimum absolute atomic E-state index is 0.0379. The Morgan fingerprint density at radius 2 is 2.24 bits per heavy atom. The molecule has 2 heterocycles. The summed E-state index contributed by atoms with van der Waals surface area (Å²) in [7, 11) is 0. The van der Waals surface area contributed by atoms with Gasteiger partial charge in [-0.1, -0.05) is 6.92 Å². The molecule has 0 aliphatic rings. The Kier molecular flexibility index (Phi) is 4.56. The van der Waals surface area contributed by atoms with Gasteiger partial charge in [0, 0.05) is 17.1 Å². The van der Waals surface area contributed by atoms with E-state index < -0.39 is 0 Å². The topological polar surface area (TPSA) is 85.9 Å². The summed E-state index contributed by atoms with van der Waals surface area (Å²) >= 11 is 1.61. The Morgan fingerprint density at radius 1 is 1.52 bits per heavy atom. The van der Waals surface area contributed by atoms with Crippen LogP contribution in [0.3, 0.4) is 0 Å². The predicted molar refractivity (Wildman–Crippen MR) is 82.8 cm³/mol. The predicted octanol–water partition coefficient (Wildman–Crippen LogP) is 3.31. The summed E-state index contributed by atoms with van der Waals surface area (Å²) in [5, 5.41) is 19.5. The van der Waals surface area contributed by atoms with E-state index in [4.69, 9.17) is 0 Å². The van der Waals surface area contributed by atoms with Crippen molar-refractivity contribution in [2.75, 3.05) is 5.32 Å². The lowest BCUT2D eigenvalue weighted by molar-refractivity contribution is -0.384. The molecule has 0 atom stereocenters. The zero-order valence-electron chi connectivity index (χ0n) is 12.6. The molecule has 114 valence electrons. The molecule has 0 radical (unpaired) electrons. The number of nitrogens with one attached hydrogen (secondary N) is 1. The van der Waals surface area contributed by atoms with Crippen LogP contribution in [0.4, 0.5) is 11.5 Å². The third kappa shape index (κ3) is 3.21. The zero-order valence-corrected chi connectivity index (χ0v) is 13.4. The molecule has 2 rings (SSSR count). The van der Waals surface area contributed by atoms with Crippen LogP contribution in [-0.2, 0) is 13.0 Å². The van der Waals surface area contributed by atoms with Crippen LogP contribution in [0.5, 0.6) is 0 Å². The molecule has 2 aromatic heterocycles. The molecule has 0 aromatic carbocycles. The second-order valence-corrected chi connectivity index (χ2v) is 6.21. The first-order chi connectivity index (χ1) is 9.93. The Bertz CT molecular complexity index is 647. The van der Waals surface area contributed by atoms with Crippen molar-refractivity contribution in [1.29, 1.82) is 0 Å². The van der Waals surface area contributed by atoms with E-state index >= 15 is 0 Å². The summed E-state index contributed by atoms with van der Waals surface area (Å²) in [5.74, 6) is 0.445. The lowest BCUT2D eigenvalue weighted by Crippen LogP contribution is -2.10. The maximum absolute atomic E-state index is 11.2. The molecular formula is C13H19N5O2S.